The van der Waals surface area contributed by atoms with Crippen LogP contribution in [0.15, 0.2) is 212 Å². The minimum absolute atomic E-state index is 0. The molecule has 35 nitrogen and oxygen atoms in total. The molecule has 5 aliphatic carbocycles. The van der Waals surface area contributed by atoms with Crippen LogP contribution in [-0.4, -0.2) is 0 Å². The Morgan fingerprint density at radius 3 is 0.460 bits per heavy atom. The van der Waals surface area contributed by atoms with Crippen molar-refractivity contribution in [3.05, 3.63) is 268 Å². The van der Waals surface area contributed by atoms with Crippen LogP contribution >= 0.6 is 78.2 Å². The van der Waals surface area contributed by atoms with Gasteiger partial charge in [0.1, 0.15) is 28.7 Å². The summed E-state index contributed by atoms with van der Waals surface area (Å²) in [5, 5.41) is 0. The van der Waals surface area contributed by atoms with E-state index in [1.807, 2.05) is 121 Å². The van der Waals surface area contributed by atoms with E-state index in [1.54, 1.807) is 60.7 Å². The molecule has 0 fully saturated rings. The fraction of sp³-hybridized carbons (Fsp3) is 0.0769. The third-order valence-electron chi connectivity index (χ3n) is 16.1. The molecular weight excluding hydrogens is 1800 g/mol. The van der Waals surface area contributed by atoms with E-state index in [2.05, 4.69) is 44.2 Å². The molecule has 0 N–H and O–H groups in total. The Hall–Kier alpha value is -5.55. The van der Waals surface area contributed by atoms with E-state index in [4.69, 9.17) is 0 Å². The van der Waals surface area contributed by atoms with Crippen LogP contribution in [0.25, 0.3) is 55.6 Å². The molecule has 113 heavy (non-hydrogen) atoms. The molecule has 10 aromatic carbocycles. The van der Waals surface area contributed by atoms with Gasteiger partial charge in [0, 0.05) is 116 Å². The van der Waals surface area contributed by atoms with Crippen molar-refractivity contribution in [3.8, 4) is 84.4 Å². The number of rotatable bonds is 20. The van der Waals surface area contributed by atoms with E-state index in [0.717, 1.165) is 83.5 Å². The van der Waals surface area contributed by atoms with E-state index < -0.39 is 78.2 Å². The minimum Gasteiger partial charge on any atom is -0.789 e. The zero-order valence-corrected chi connectivity index (χ0v) is 69.5. The van der Waals surface area contributed by atoms with Crippen LogP contribution in [0.5, 0.6) is 28.7 Å². The van der Waals surface area contributed by atoms with Gasteiger partial charge in [-0.25, -0.2) is 0 Å². The summed E-state index contributed by atoms with van der Waals surface area (Å²) in [7, 11) is -55.0. The summed E-state index contributed by atoms with van der Waals surface area (Å²) in [5.74, 6) is -0.276. The van der Waals surface area contributed by atoms with Gasteiger partial charge in [-0.1, -0.05) is 182 Å². The maximum absolute atomic E-state index is 11.5. The predicted molar refractivity (Wildman–Crippen MR) is 358 cm³/mol. The Kier molecular flexibility index (Phi) is 30.2. The van der Waals surface area contributed by atoms with Gasteiger partial charge in [-0.15, -0.1) is 0 Å². The van der Waals surface area contributed by atoms with Crippen molar-refractivity contribution in [2.45, 2.75) is 32.1 Å². The molecule has 0 amide bonds. The second-order valence-corrected chi connectivity index (χ2v) is 36.5. The standard InChI is InChI=1S/5C13H12O7P2.3V/c5*14-21(15,16)20-22(17,18)19-13-7-3-6-11-10-5-2-1-4-9(10)8-12(11)13;;;/h5*1-7H,8H2,(H,17,18)(H2,14,15,16);;;/p-15. The van der Waals surface area contributed by atoms with Crippen molar-refractivity contribution >= 4 is 78.2 Å². The predicted octanol–water partition coefficient (Wildman–Crippen LogP) is 4.74. The fourth-order valence-corrected chi connectivity index (χ4v) is 20.0. The summed E-state index contributed by atoms with van der Waals surface area (Å²) in [6.07, 6.45) is 2.19. The number of phosphoric ester groups is 5. The van der Waals surface area contributed by atoms with E-state index >= 15 is 0 Å². The molecule has 5 atom stereocenters. The molecular formula is C65H45O35P10V3-15. The summed E-state index contributed by atoms with van der Waals surface area (Å²) >= 11 is 0. The zero-order valence-electron chi connectivity index (χ0n) is 56.3. The Morgan fingerprint density at radius 2 is 0.319 bits per heavy atom. The summed E-state index contributed by atoms with van der Waals surface area (Å²) in [6.45, 7) is 0. The van der Waals surface area contributed by atoms with Gasteiger partial charge in [-0.2, -0.15) is 0 Å². The molecule has 0 saturated carbocycles. The molecule has 15 rings (SSSR count). The zero-order chi connectivity index (χ0) is 79.8. The molecule has 0 aliphatic heterocycles. The molecule has 0 aromatic heterocycles. The first-order valence-corrected chi connectivity index (χ1v) is 45.6. The van der Waals surface area contributed by atoms with Gasteiger partial charge in [0.2, 0.25) is 0 Å². The molecule has 595 valence electrons. The average Bonchev–Trinajstić information content (AvgIpc) is 1.66. The summed E-state index contributed by atoms with van der Waals surface area (Å²) in [6, 6.07) is 61.3. The Balaban J connectivity index is 0.000000176. The first-order valence-electron chi connectivity index (χ1n) is 31.0. The number of hydrogen-bond donors (Lipinski definition) is 0. The van der Waals surface area contributed by atoms with Crippen molar-refractivity contribution in [3.63, 3.8) is 0 Å². The molecule has 5 aliphatic rings. The van der Waals surface area contributed by atoms with Crippen molar-refractivity contribution in [1.82, 2.24) is 0 Å². The van der Waals surface area contributed by atoms with Crippen molar-refractivity contribution < 1.29 is 219 Å². The summed E-state index contributed by atoms with van der Waals surface area (Å²) < 4.78 is 150. The van der Waals surface area contributed by atoms with Crippen LogP contribution in [0.2, 0.25) is 0 Å². The molecule has 0 saturated heterocycles. The molecule has 3 radical (unpaired) electrons. The van der Waals surface area contributed by atoms with E-state index in [1.165, 1.54) is 30.3 Å². The molecule has 0 bridgehead atoms. The summed E-state index contributed by atoms with van der Waals surface area (Å²) in [4.78, 5) is 162. The molecule has 10 aromatic rings. The molecule has 5 unspecified atom stereocenters. The van der Waals surface area contributed by atoms with Crippen LogP contribution in [0.4, 0.5) is 0 Å². The Bertz CT molecular complexity index is 4960. The first-order chi connectivity index (χ1) is 51.3. The van der Waals surface area contributed by atoms with Crippen LogP contribution < -0.4 is 96.0 Å². The van der Waals surface area contributed by atoms with Gasteiger partial charge in [-0.05, 0) is 114 Å². The maximum Gasteiger partial charge on any atom is 0.323 e. The quantitative estimate of drug-likeness (QED) is 0.0929. The van der Waals surface area contributed by atoms with Crippen molar-refractivity contribution in [1.29, 1.82) is 0 Å². The monoisotopic (exact) mass is 1850 g/mol. The van der Waals surface area contributed by atoms with E-state index in [9.17, 15) is 119 Å². The second kappa shape index (κ2) is 36.8. The molecule has 0 heterocycles. The Morgan fingerprint density at radius 1 is 0.186 bits per heavy atom. The number of phosphoric acid groups is 10. The third-order valence-corrected chi connectivity index (χ3v) is 26.2. The van der Waals surface area contributed by atoms with E-state index in [-0.39, 0.29) is 84.4 Å². The van der Waals surface area contributed by atoms with E-state index in [0.29, 0.717) is 59.9 Å². The fourth-order valence-electron chi connectivity index (χ4n) is 12.4. The second-order valence-electron chi connectivity index (χ2n) is 23.4. The SMILES string of the molecule is O=P([O-])([O-])OP(=O)([O-])Oc1cccc2c1Cc1ccccc1-2.O=P([O-])([O-])OP(=O)([O-])Oc1cccc2c1Cc1ccccc1-2.O=P([O-])([O-])OP(=O)([O-])Oc1cccc2c1Cc1ccccc1-2.O=P([O-])([O-])OP(=O)([O-])Oc1cccc2c1Cc1ccccc1-2.O=P([O-])([O-])OP(=O)([O-])Oc1cccc2c1Cc1ccccc1-2.[V].[V].[V]. The topological polar surface area (TPSA) is 609 Å². The normalized spacial score (nSPS) is 15.4. The minimum atomic E-state index is -5.70. The largest absolute Gasteiger partial charge is 0.789 e. The van der Waals surface area contributed by atoms with Gasteiger partial charge in [0.15, 0.2) is 0 Å². The number of hydrogen-bond acceptors (Lipinski definition) is 35. The van der Waals surface area contributed by atoms with Gasteiger partial charge in [0.25, 0.3) is 0 Å². The number of fused-ring (bicyclic) bond motifs is 15. The number of benzene rings is 10. The molecule has 0 spiro atoms. The first kappa shape index (κ1) is 93.0. The van der Waals surface area contributed by atoms with Crippen molar-refractivity contribution in [2.24, 2.45) is 0 Å². The third kappa shape index (κ3) is 25.3. The maximum atomic E-state index is 11.5. The van der Waals surface area contributed by atoms with Crippen LogP contribution in [0.3, 0.4) is 0 Å². The van der Waals surface area contributed by atoms with Gasteiger partial charge >= 0.3 is 39.1 Å². The smallest absolute Gasteiger partial charge is 0.323 e. The summed E-state index contributed by atoms with van der Waals surface area (Å²) in [5.41, 5.74) is 16.6. The van der Waals surface area contributed by atoms with Crippen molar-refractivity contribution in [2.75, 3.05) is 0 Å². The van der Waals surface area contributed by atoms with Crippen LogP contribution in [0, 0.1) is 0 Å². The van der Waals surface area contributed by atoms with Gasteiger partial charge < -0.3 is 119 Å². The Labute approximate surface area is 676 Å². The van der Waals surface area contributed by atoms with Crippen LogP contribution in [0.1, 0.15) is 55.6 Å². The van der Waals surface area contributed by atoms with Crippen LogP contribution in [-0.2, 0) is 155 Å². The van der Waals surface area contributed by atoms with Gasteiger partial charge in [0.05, 0.1) is 39.1 Å². The molecule has 48 heteroatoms. The average molecular weight is 1850 g/mol. The van der Waals surface area contributed by atoms with Gasteiger partial charge in [-0.3, -0.25) is 44.4 Å².